The molecule has 0 aliphatic rings. The highest BCUT2D eigenvalue weighted by Crippen LogP contribution is 2.56. The molecule has 2 nitrogen and oxygen atoms in total. The Morgan fingerprint density at radius 1 is 0.625 bits per heavy atom. The minimum atomic E-state index is -2.67. The molecule has 0 aromatic heterocycles. The van der Waals surface area contributed by atoms with Crippen molar-refractivity contribution in [3.8, 4) is 0 Å². The molecule has 0 spiro atoms. The summed E-state index contributed by atoms with van der Waals surface area (Å²) in [7, 11) is -2.67. The van der Waals surface area contributed by atoms with Crippen molar-refractivity contribution in [2.45, 2.75) is 20.8 Å². The molecule has 0 heterocycles. The van der Waals surface area contributed by atoms with Crippen LogP contribution in [-0.2, 0) is 9.93 Å². The zero-order chi connectivity index (χ0) is 17.2. The van der Waals surface area contributed by atoms with Crippen molar-refractivity contribution in [3.63, 3.8) is 0 Å². The van der Waals surface area contributed by atoms with Crippen molar-refractivity contribution in [1.82, 2.24) is 0 Å². The third kappa shape index (κ3) is 3.01. The van der Waals surface area contributed by atoms with Crippen molar-refractivity contribution in [2.75, 3.05) is 0 Å². The Kier molecular flexibility index (Phi) is 4.82. The maximum absolute atomic E-state index is 12.2. The second-order valence-corrected chi connectivity index (χ2v) is 9.12. The van der Waals surface area contributed by atoms with Crippen LogP contribution < -0.4 is 15.9 Å². The second-order valence-electron chi connectivity index (χ2n) is 6.20. The van der Waals surface area contributed by atoms with Crippen LogP contribution in [0.1, 0.15) is 16.7 Å². The predicted octanol–water partition coefficient (Wildman–Crippen LogP) is 4.18. The van der Waals surface area contributed by atoms with Gasteiger partial charge in [0.25, 0.3) is 7.49 Å². The van der Waals surface area contributed by atoms with Gasteiger partial charge in [0, 0.05) is 5.26 Å². The van der Waals surface area contributed by atoms with Crippen LogP contribution in [0.5, 0.6) is 0 Å². The lowest BCUT2D eigenvalue weighted by Crippen LogP contribution is -2.32. The Labute approximate surface area is 144 Å². The average Bonchev–Trinajstić information content (AvgIpc) is 2.56. The standard InChI is InChI=1S/C21H21O2P/c1-16-7-4-10-19(13-16)24(23-22,20-11-5-8-17(2)14-20)21-12-6-9-18(3)15-21/h4-15H,1-3H3/q+1. The van der Waals surface area contributed by atoms with Crippen LogP contribution in [0.4, 0.5) is 0 Å². The molecule has 3 aromatic rings. The van der Waals surface area contributed by atoms with Gasteiger partial charge in [-0.15, -0.1) is 0 Å². The van der Waals surface area contributed by atoms with E-state index in [9.17, 15) is 5.26 Å². The summed E-state index contributed by atoms with van der Waals surface area (Å²) in [5.74, 6) is 0. The summed E-state index contributed by atoms with van der Waals surface area (Å²) >= 11 is 0. The van der Waals surface area contributed by atoms with E-state index in [1.54, 1.807) is 0 Å². The molecule has 0 N–H and O–H groups in total. The van der Waals surface area contributed by atoms with E-state index >= 15 is 0 Å². The van der Waals surface area contributed by atoms with Crippen molar-refractivity contribution in [1.29, 1.82) is 0 Å². The number of aryl methyl sites for hydroxylation is 3. The highest BCUT2D eigenvalue weighted by molar-refractivity contribution is 7.91. The summed E-state index contributed by atoms with van der Waals surface area (Å²) in [4.78, 5) is 0. The molecule has 0 unspecified atom stereocenters. The maximum Gasteiger partial charge on any atom is 0.287 e. The van der Waals surface area contributed by atoms with Crippen LogP contribution in [0.15, 0.2) is 72.8 Å². The first-order valence-electron chi connectivity index (χ1n) is 7.98. The number of rotatable bonds is 4. The molecule has 1 radical (unpaired) electrons. The largest absolute Gasteiger partial charge is 0.287 e. The lowest BCUT2D eigenvalue weighted by atomic mass is 10.2. The van der Waals surface area contributed by atoms with Gasteiger partial charge in [-0.1, -0.05) is 36.4 Å². The van der Waals surface area contributed by atoms with E-state index < -0.39 is 7.49 Å². The van der Waals surface area contributed by atoms with Gasteiger partial charge in [0.05, 0.1) is 0 Å². The topological polar surface area (TPSA) is 29.1 Å². The fraction of sp³-hybridized carbons (Fsp3) is 0.143. The predicted molar refractivity (Wildman–Crippen MR) is 101 cm³/mol. The highest BCUT2D eigenvalue weighted by atomic mass is 31.2. The van der Waals surface area contributed by atoms with E-state index in [-0.39, 0.29) is 0 Å². The minimum Gasteiger partial charge on any atom is -0.0590 e. The lowest BCUT2D eigenvalue weighted by molar-refractivity contribution is -0.200. The van der Waals surface area contributed by atoms with Crippen LogP contribution in [0.3, 0.4) is 0 Å². The Morgan fingerprint density at radius 2 is 0.958 bits per heavy atom. The Balaban J connectivity index is 2.34. The first kappa shape index (κ1) is 16.9. The Morgan fingerprint density at radius 3 is 1.21 bits per heavy atom. The normalized spacial score (nSPS) is 11.5. The molecule has 3 rings (SSSR count). The molecule has 0 saturated heterocycles. The van der Waals surface area contributed by atoms with Crippen LogP contribution in [0, 0.1) is 20.8 Å². The molecule has 0 aliphatic heterocycles. The fourth-order valence-corrected chi connectivity index (χ4v) is 6.24. The Hall–Kier alpha value is -1.99. The van der Waals surface area contributed by atoms with E-state index in [4.69, 9.17) is 4.67 Å². The molecule has 0 bridgehead atoms. The van der Waals surface area contributed by atoms with Gasteiger partial charge in [0.15, 0.2) is 0 Å². The summed E-state index contributed by atoms with van der Waals surface area (Å²) < 4.78 is 5.12. The monoisotopic (exact) mass is 336 g/mol. The van der Waals surface area contributed by atoms with Gasteiger partial charge in [-0.3, -0.25) is 0 Å². The summed E-state index contributed by atoms with van der Waals surface area (Å²) in [5, 5.41) is 15.1. The molecule has 0 atom stereocenters. The molecule has 0 amide bonds. The average molecular weight is 336 g/mol. The zero-order valence-corrected chi connectivity index (χ0v) is 15.1. The summed E-state index contributed by atoms with van der Waals surface area (Å²) in [5.41, 5.74) is 3.36. The summed E-state index contributed by atoms with van der Waals surface area (Å²) in [6, 6.07) is 24.3. The summed E-state index contributed by atoms with van der Waals surface area (Å²) in [6.07, 6.45) is 0. The third-order valence-corrected chi connectivity index (χ3v) is 7.45. The molecule has 0 aliphatic carbocycles. The first-order chi connectivity index (χ1) is 11.6. The van der Waals surface area contributed by atoms with Crippen LogP contribution >= 0.6 is 7.49 Å². The number of benzene rings is 3. The van der Waals surface area contributed by atoms with E-state index in [2.05, 4.69) is 18.2 Å². The number of hydrogen-bond acceptors (Lipinski definition) is 1. The van der Waals surface area contributed by atoms with Gasteiger partial charge in [-0.2, -0.15) is 0 Å². The maximum atomic E-state index is 12.2. The van der Waals surface area contributed by atoms with E-state index in [0.717, 1.165) is 32.6 Å². The molecule has 3 aromatic carbocycles. The molecule has 121 valence electrons. The lowest BCUT2D eigenvalue weighted by Gasteiger charge is -2.21. The van der Waals surface area contributed by atoms with Crippen LogP contribution in [-0.4, -0.2) is 0 Å². The third-order valence-electron chi connectivity index (χ3n) is 4.21. The summed E-state index contributed by atoms with van der Waals surface area (Å²) in [6.45, 7) is 6.11. The van der Waals surface area contributed by atoms with Crippen molar-refractivity contribution in [2.24, 2.45) is 0 Å². The second kappa shape index (κ2) is 6.86. The van der Waals surface area contributed by atoms with E-state index in [1.807, 2.05) is 75.4 Å². The molecular formula is C21H21O2P+. The van der Waals surface area contributed by atoms with Gasteiger partial charge in [-0.25, -0.2) is 0 Å². The first-order valence-corrected chi connectivity index (χ1v) is 9.69. The van der Waals surface area contributed by atoms with Gasteiger partial charge in [-0.05, 0) is 78.5 Å². The Bertz CT molecular complexity index is 747. The van der Waals surface area contributed by atoms with Gasteiger partial charge in [0.1, 0.15) is 15.9 Å². The van der Waals surface area contributed by atoms with Crippen LogP contribution in [0.25, 0.3) is 0 Å². The molecular weight excluding hydrogens is 315 g/mol. The minimum absolute atomic E-state index is 0.952. The fourth-order valence-electron chi connectivity index (χ4n) is 3.05. The van der Waals surface area contributed by atoms with Crippen molar-refractivity contribution < 1.29 is 9.93 Å². The van der Waals surface area contributed by atoms with Gasteiger partial charge >= 0.3 is 0 Å². The molecule has 24 heavy (non-hydrogen) atoms. The van der Waals surface area contributed by atoms with Gasteiger partial charge < -0.3 is 0 Å². The highest BCUT2D eigenvalue weighted by Gasteiger charge is 2.50. The number of hydrogen-bond donors (Lipinski definition) is 0. The van der Waals surface area contributed by atoms with Crippen LogP contribution in [0.2, 0.25) is 0 Å². The molecule has 3 heteroatoms. The quantitative estimate of drug-likeness (QED) is 0.399. The molecule has 0 fully saturated rings. The van der Waals surface area contributed by atoms with Crippen molar-refractivity contribution >= 4 is 23.4 Å². The molecule has 0 saturated carbocycles. The smallest absolute Gasteiger partial charge is 0.0590 e. The van der Waals surface area contributed by atoms with E-state index in [0.29, 0.717) is 0 Å². The van der Waals surface area contributed by atoms with E-state index in [1.165, 1.54) is 0 Å². The van der Waals surface area contributed by atoms with Gasteiger partial charge in [0.2, 0.25) is 0 Å². The zero-order valence-electron chi connectivity index (χ0n) is 14.2. The SMILES string of the molecule is Cc1cccc([P+](O[O])(c2cccc(C)c2)c2cccc(C)c2)c1. The van der Waals surface area contributed by atoms with Crippen molar-refractivity contribution in [3.05, 3.63) is 89.5 Å².